The van der Waals surface area contributed by atoms with E-state index in [4.69, 9.17) is 22.5 Å². The zero-order chi connectivity index (χ0) is 13.1. The Bertz CT molecular complexity index is 530. The zero-order valence-electron chi connectivity index (χ0n) is 9.04. The van der Waals surface area contributed by atoms with Gasteiger partial charge >= 0.3 is 0 Å². The largest absolute Gasteiger partial charge is 0.409 e. The summed E-state index contributed by atoms with van der Waals surface area (Å²) in [5.74, 6) is -0.196. The normalized spacial score (nSPS) is 13.0. The number of hydrogen-bond donors (Lipinski definition) is 2. The lowest BCUT2D eigenvalue weighted by Crippen LogP contribution is -2.35. The molecule has 17 heavy (non-hydrogen) atoms. The van der Waals surface area contributed by atoms with Gasteiger partial charge in [-0.15, -0.1) is 0 Å². The van der Waals surface area contributed by atoms with Crippen molar-refractivity contribution in [1.82, 2.24) is 4.31 Å². The molecular formula is C9H12ClN3O3S. The average molecular weight is 278 g/mol. The fourth-order valence-corrected chi connectivity index (χ4v) is 2.60. The highest BCUT2D eigenvalue weighted by Crippen LogP contribution is 2.18. The summed E-state index contributed by atoms with van der Waals surface area (Å²) < 4.78 is 25.0. The first kappa shape index (κ1) is 13.8. The molecule has 0 unspecified atom stereocenters. The number of amidine groups is 1. The molecule has 1 aromatic carbocycles. The Labute approximate surface area is 104 Å². The van der Waals surface area contributed by atoms with Gasteiger partial charge in [0, 0.05) is 12.1 Å². The van der Waals surface area contributed by atoms with E-state index in [1.165, 1.54) is 25.2 Å². The molecule has 94 valence electrons. The average Bonchev–Trinajstić information content (AvgIpc) is 2.28. The summed E-state index contributed by atoms with van der Waals surface area (Å²) in [6.45, 7) is -0.203. The lowest BCUT2D eigenvalue weighted by atomic mass is 10.4. The van der Waals surface area contributed by atoms with Gasteiger partial charge in [0.05, 0.1) is 11.4 Å². The number of nitrogens with zero attached hydrogens (tertiary/aromatic N) is 2. The topological polar surface area (TPSA) is 96.0 Å². The SMILES string of the molecule is CN(CC(N)=NO)S(=O)(=O)c1cccc(Cl)c1. The van der Waals surface area contributed by atoms with E-state index >= 15 is 0 Å². The van der Waals surface area contributed by atoms with Crippen molar-refractivity contribution < 1.29 is 13.6 Å². The molecule has 0 aliphatic heterocycles. The van der Waals surface area contributed by atoms with Crippen LogP contribution in [0.3, 0.4) is 0 Å². The summed E-state index contributed by atoms with van der Waals surface area (Å²) in [4.78, 5) is 0.0539. The summed E-state index contributed by atoms with van der Waals surface area (Å²) >= 11 is 5.72. The van der Waals surface area contributed by atoms with Crippen molar-refractivity contribution in [1.29, 1.82) is 0 Å². The van der Waals surface area contributed by atoms with Crippen LogP contribution in [-0.4, -0.2) is 37.4 Å². The van der Waals surface area contributed by atoms with Gasteiger partial charge in [-0.1, -0.05) is 22.8 Å². The highest BCUT2D eigenvalue weighted by Gasteiger charge is 2.21. The second-order valence-electron chi connectivity index (χ2n) is 3.31. The minimum Gasteiger partial charge on any atom is -0.409 e. The molecule has 0 aliphatic rings. The molecule has 8 heteroatoms. The van der Waals surface area contributed by atoms with E-state index in [-0.39, 0.29) is 17.3 Å². The number of benzene rings is 1. The van der Waals surface area contributed by atoms with E-state index < -0.39 is 10.0 Å². The Morgan fingerprint density at radius 3 is 2.76 bits per heavy atom. The molecule has 1 rings (SSSR count). The number of nitrogens with two attached hydrogens (primary N) is 1. The first-order chi connectivity index (χ1) is 7.87. The lowest BCUT2D eigenvalue weighted by Gasteiger charge is -2.16. The minimum absolute atomic E-state index is 0.0539. The summed E-state index contributed by atoms with van der Waals surface area (Å²) in [6.07, 6.45) is 0. The molecule has 0 spiro atoms. The summed E-state index contributed by atoms with van der Waals surface area (Å²) in [5, 5.41) is 11.4. The summed E-state index contributed by atoms with van der Waals surface area (Å²) in [6, 6.07) is 5.86. The third-order valence-corrected chi connectivity index (χ3v) is 4.05. The number of oxime groups is 1. The van der Waals surface area contributed by atoms with Gasteiger partial charge in [-0.05, 0) is 18.2 Å². The van der Waals surface area contributed by atoms with Crippen LogP contribution >= 0.6 is 11.6 Å². The molecule has 0 bridgehead atoms. The summed E-state index contributed by atoms with van der Waals surface area (Å²) in [5.41, 5.74) is 5.25. The third kappa shape index (κ3) is 3.32. The van der Waals surface area contributed by atoms with Crippen LogP contribution in [0.15, 0.2) is 34.3 Å². The maximum Gasteiger partial charge on any atom is 0.243 e. The van der Waals surface area contributed by atoms with Crippen molar-refractivity contribution in [2.75, 3.05) is 13.6 Å². The van der Waals surface area contributed by atoms with Crippen molar-refractivity contribution >= 4 is 27.5 Å². The molecule has 0 aliphatic carbocycles. The molecule has 0 fully saturated rings. The molecule has 1 aromatic rings. The van der Waals surface area contributed by atoms with Crippen LogP contribution < -0.4 is 5.73 Å². The standard InChI is InChI=1S/C9H12ClN3O3S/c1-13(6-9(11)12-14)17(15,16)8-4-2-3-7(10)5-8/h2-5,14H,6H2,1H3,(H2,11,12). The van der Waals surface area contributed by atoms with Crippen molar-refractivity contribution in [2.45, 2.75) is 4.90 Å². The first-order valence-corrected chi connectivity index (χ1v) is 6.38. The van der Waals surface area contributed by atoms with E-state index in [0.29, 0.717) is 5.02 Å². The number of halogens is 1. The van der Waals surface area contributed by atoms with Crippen LogP contribution in [0.5, 0.6) is 0 Å². The van der Waals surface area contributed by atoms with Crippen LogP contribution in [0.25, 0.3) is 0 Å². The number of sulfonamides is 1. The Hall–Kier alpha value is -1.31. The van der Waals surface area contributed by atoms with Crippen LogP contribution in [0.4, 0.5) is 0 Å². The van der Waals surface area contributed by atoms with E-state index in [1.54, 1.807) is 6.07 Å². The number of rotatable bonds is 4. The van der Waals surface area contributed by atoms with Gasteiger partial charge < -0.3 is 10.9 Å². The molecule has 0 amide bonds. The van der Waals surface area contributed by atoms with Gasteiger partial charge in [-0.3, -0.25) is 0 Å². The van der Waals surface area contributed by atoms with Crippen LogP contribution in [0.1, 0.15) is 0 Å². The minimum atomic E-state index is -3.69. The molecular weight excluding hydrogens is 266 g/mol. The van der Waals surface area contributed by atoms with Gasteiger partial charge in [0.15, 0.2) is 5.84 Å². The van der Waals surface area contributed by atoms with Crippen LogP contribution in [-0.2, 0) is 10.0 Å². The van der Waals surface area contributed by atoms with Crippen molar-refractivity contribution in [3.8, 4) is 0 Å². The Balaban J connectivity index is 3.03. The van der Waals surface area contributed by atoms with E-state index in [9.17, 15) is 8.42 Å². The van der Waals surface area contributed by atoms with Crippen molar-refractivity contribution in [3.63, 3.8) is 0 Å². The first-order valence-electron chi connectivity index (χ1n) is 4.56. The molecule has 6 nitrogen and oxygen atoms in total. The van der Waals surface area contributed by atoms with Gasteiger partial charge in [-0.2, -0.15) is 4.31 Å². The predicted octanol–water partition coefficient (Wildman–Crippen LogP) is 0.707. The predicted molar refractivity (Wildman–Crippen MR) is 64.7 cm³/mol. The zero-order valence-corrected chi connectivity index (χ0v) is 10.6. The Morgan fingerprint density at radius 1 is 1.59 bits per heavy atom. The molecule has 0 radical (unpaired) electrons. The second kappa shape index (κ2) is 5.35. The van der Waals surface area contributed by atoms with Gasteiger partial charge in [0.2, 0.25) is 10.0 Å². The number of hydrogen-bond acceptors (Lipinski definition) is 4. The lowest BCUT2D eigenvalue weighted by molar-refractivity contribution is 0.315. The quantitative estimate of drug-likeness (QED) is 0.367. The van der Waals surface area contributed by atoms with E-state index in [0.717, 1.165) is 4.31 Å². The number of likely N-dealkylation sites (N-methyl/N-ethyl adjacent to an activating group) is 1. The monoisotopic (exact) mass is 277 g/mol. The fourth-order valence-electron chi connectivity index (χ4n) is 1.15. The molecule has 3 N–H and O–H groups in total. The second-order valence-corrected chi connectivity index (χ2v) is 5.79. The summed E-state index contributed by atoms with van der Waals surface area (Å²) in [7, 11) is -2.36. The molecule has 0 atom stereocenters. The van der Waals surface area contributed by atoms with Gasteiger partial charge in [-0.25, -0.2) is 8.42 Å². The highest BCUT2D eigenvalue weighted by molar-refractivity contribution is 7.89. The molecule has 0 saturated carbocycles. The molecule has 0 heterocycles. The van der Waals surface area contributed by atoms with E-state index in [1.807, 2.05) is 0 Å². The van der Waals surface area contributed by atoms with Crippen molar-refractivity contribution in [2.24, 2.45) is 10.9 Å². The third-order valence-electron chi connectivity index (χ3n) is 2.02. The molecule has 0 saturated heterocycles. The van der Waals surface area contributed by atoms with Gasteiger partial charge in [0.1, 0.15) is 0 Å². The van der Waals surface area contributed by atoms with Crippen molar-refractivity contribution in [3.05, 3.63) is 29.3 Å². The molecule has 0 aromatic heterocycles. The Morgan fingerprint density at radius 2 is 2.24 bits per heavy atom. The highest BCUT2D eigenvalue weighted by atomic mass is 35.5. The Kier molecular flexibility index (Phi) is 4.33. The fraction of sp³-hybridized carbons (Fsp3) is 0.222. The maximum absolute atomic E-state index is 12.0. The smallest absolute Gasteiger partial charge is 0.243 e. The van der Waals surface area contributed by atoms with E-state index in [2.05, 4.69) is 5.16 Å². The van der Waals surface area contributed by atoms with Crippen LogP contribution in [0, 0.1) is 0 Å². The van der Waals surface area contributed by atoms with Gasteiger partial charge in [0.25, 0.3) is 0 Å². The maximum atomic E-state index is 12.0. The van der Waals surface area contributed by atoms with Crippen LogP contribution in [0.2, 0.25) is 5.02 Å².